The SMILES string of the molecule is O=C([C@H](O)[C@@H](O)[C@H](O)[C@H](O)CO[C@H]1O[C@H](CO[C@H]2O[C@H](CO)C(O)C(O)C2O)[C@@H](O)[C@H](O)C1O)[C@@]1(O)O[C@H](CO)[C@H](O)[C@H](O)[C@H]1O. The van der Waals surface area contributed by atoms with Crippen molar-refractivity contribution in [2.24, 2.45) is 0 Å². The van der Waals surface area contributed by atoms with E-state index in [1.54, 1.807) is 0 Å². The number of rotatable bonds is 13. The van der Waals surface area contributed by atoms with Gasteiger partial charge in [-0.2, -0.15) is 0 Å². The largest absolute Gasteiger partial charge is 0.394 e. The molecule has 0 aromatic carbocycles. The molecule has 3 aliphatic heterocycles. The average Bonchev–Trinajstić information content (AvgIpc) is 3.05. The number of ketones is 1. The summed E-state index contributed by atoms with van der Waals surface area (Å²) in [4.78, 5) is 12.7. The molecule has 0 aromatic heterocycles. The van der Waals surface area contributed by atoms with E-state index in [0.29, 0.717) is 0 Å². The number of carbonyl (C=O) groups is 1. The van der Waals surface area contributed by atoms with Crippen LogP contribution in [0.1, 0.15) is 0 Å². The first kappa shape index (κ1) is 39.3. The van der Waals surface area contributed by atoms with E-state index in [4.69, 9.17) is 23.7 Å². The van der Waals surface area contributed by atoms with Gasteiger partial charge in [0.05, 0.1) is 26.4 Å². The van der Waals surface area contributed by atoms with Gasteiger partial charge in [0.1, 0.15) is 97.7 Å². The lowest BCUT2D eigenvalue weighted by atomic mass is 9.86. The highest BCUT2D eigenvalue weighted by Crippen LogP contribution is 2.31. The molecule has 0 bridgehead atoms. The molecule has 16 N–H and O–H groups in total. The number of carbonyl (C=O) groups excluding carboxylic acids is 1. The Bertz CT molecular complexity index is 972. The normalized spacial score (nSPS) is 46.3. The van der Waals surface area contributed by atoms with Crippen molar-refractivity contribution in [1.29, 1.82) is 0 Å². The third-order valence-corrected chi connectivity index (χ3v) is 8.03. The number of Topliss-reactive ketones (excluding diaryl/α,β-unsaturated/α-hetero) is 1. The summed E-state index contributed by atoms with van der Waals surface area (Å²) in [6, 6.07) is 0. The number of aliphatic hydroxyl groups is 16. The molecule has 0 spiro atoms. The van der Waals surface area contributed by atoms with E-state index in [1.165, 1.54) is 0 Å². The van der Waals surface area contributed by atoms with Gasteiger partial charge in [0, 0.05) is 0 Å². The van der Waals surface area contributed by atoms with Gasteiger partial charge in [0.2, 0.25) is 5.78 Å². The predicted octanol–water partition coefficient (Wildman–Crippen LogP) is -11.2. The first-order valence-corrected chi connectivity index (χ1v) is 14.0. The lowest BCUT2D eigenvalue weighted by molar-refractivity contribution is -0.335. The van der Waals surface area contributed by atoms with Crippen LogP contribution < -0.4 is 0 Å². The molecule has 46 heavy (non-hydrogen) atoms. The number of ether oxygens (including phenoxy) is 5. The van der Waals surface area contributed by atoms with Crippen molar-refractivity contribution < 1.29 is 110 Å². The summed E-state index contributed by atoms with van der Waals surface area (Å²) in [5.74, 6) is -5.45. The number of hydrogen-bond donors (Lipinski definition) is 16. The van der Waals surface area contributed by atoms with Crippen LogP contribution in [0.2, 0.25) is 0 Å². The maximum atomic E-state index is 12.7. The van der Waals surface area contributed by atoms with Crippen LogP contribution in [0.5, 0.6) is 0 Å². The van der Waals surface area contributed by atoms with Gasteiger partial charge in [0.15, 0.2) is 12.6 Å². The van der Waals surface area contributed by atoms with E-state index in [0.717, 1.165) is 0 Å². The van der Waals surface area contributed by atoms with Gasteiger partial charge >= 0.3 is 0 Å². The molecular weight excluding hydrogens is 640 g/mol. The van der Waals surface area contributed by atoms with Gasteiger partial charge < -0.3 is 105 Å². The molecule has 0 saturated carbocycles. The van der Waals surface area contributed by atoms with Crippen LogP contribution in [0.3, 0.4) is 0 Å². The molecule has 19 atom stereocenters. The van der Waals surface area contributed by atoms with Gasteiger partial charge in [-0.1, -0.05) is 0 Å². The summed E-state index contributed by atoms with van der Waals surface area (Å²) in [5.41, 5.74) is 0. The molecule has 3 aliphatic rings. The molecule has 4 unspecified atom stereocenters. The summed E-state index contributed by atoms with van der Waals surface area (Å²) in [6.45, 7) is -3.62. The van der Waals surface area contributed by atoms with E-state index >= 15 is 0 Å². The molecule has 0 amide bonds. The lowest BCUT2D eigenvalue weighted by Gasteiger charge is -2.45. The maximum absolute atomic E-state index is 12.7. The van der Waals surface area contributed by atoms with Crippen molar-refractivity contribution in [3.8, 4) is 0 Å². The monoisotopic (exact) mass is 682 g/mol. The minimum Gasteiger partial charge on any atom is -0.394 e. The van der Waals surface area contributed by atoms with Crippen molar-refractivity contribution in [2.75, 3.05) is 26.4 Å². The number of hydrogen-bond acceptors (Lipinski definition) is 22. The van der Waals surface area contributed by atoms with Crippen molar-refractivity contribution in [3.05, 3.63) is 0 Å². The summed E-state index contributed by atoms with van der Waals surface area (Å²) >= 11 is 0. The molecule has 0 aromatic rings. The molecule has 0 radical (unpaired) electrons. The highest BCUT2D eigenvalue weighted by atomic mass is 16.7. The Morgan fingerprint density at radius 1 is 0.630 bits per heavy atom. The Labute approximate surface area is 259 Å². The van der Waals surface area contributed by atoms with E-state index in [-0.39, 0.29) is 0 Å². The first-order valence-electron chi connectivity index (χ1n) is 14.0. The second-order valence-electron chi connectivity index (χ2n) is 11.2. The first-order chi connectivity index (χ1) is 21.4. The summed E-state index contributed by atoms with van der Waals surface area (Å²) < 4.78 is 25.6. The van der Waals surface area contributed by atoms with Crippen LogP contribution >= 0.6 is 0 Å². The third-order valence-electron chi connectivity index (χ3n) is 8.03. The van der Waals surface area contributed by atoms with Crippen LogP contribution in [-0.2, 0) is 28.5 Å². The Hall–Kier alpha value is -1.17. The fourth-order valence-electron chi connectivity index (χ4n) is 5.02. The molecule has 22 nitrogen and oxygen atoms in total. The van der Waals surface area contributed by atoms with Crippen LogP contribution in [0.25, 0.3) is 0 Å². The quantitative estimate of drug-likeness (QED) is 0.0857. The van der Waals surface area contributed by atoms with E-state index in [1.807, 2.05) is 0 Å². The summed E-state index contributed by atoms with van der Waals surface area (Å²) in [7, 11) is 0. The zero-order valence-electron chi connectivity index (χ0n) is 23.8. The number of aliphatic hydroxyl groups excluding tert-OH is 15. The lowest BCUT2D eigenvalue weighted by Crippen LogP contribution is -2.70. The Morgan fingerprint density at radius 2 is 1.11 bits per heavy atom. The molecule has 3 heterocycles. The molecule has 3 saturated heterocycles. The second-order valence-corrected chi connectivity index (χ2v) is 11.2. The standard InChI is InChI=1S/C24H42O22/c25-1-6-10(29)14(33)18(37)23(44-6)43-4-8-12(31)15(34)19(38)22(45-8)42-3-5(27)9(28)13(32)17(36)21(40)24(41)20(39)16(35)11(30)7(2-26)46-24/h5-20,22-23,25-39,41H,1-4H2/t5-,6-,7-,8-,9-,10?,11+,12-,13+,14?,15+,16+,17-,18?,19?,20-,22+,23+,24+/m1/s1. The molecule has 22 heteroatoms. The fraction of sp³-hybridized carbons (Fsp3) is 0.958. The smallest absolute Gasteiger partial charge is 0.259 e. The van der Waals surface area contributed by atoms with Crippen molar-refractivity contribution in [2.45, 2.75) is 116 Å². The van der Waals surface area contributed by atoms with E-state index < -0.39 is 148 Å². The zero-order valence-corrected chi connectivity index (χ0v) is 23.8. The Kier molecular flexibility index (Phi) is 13.7. The van der Waals surface area contributed by atoms with E-state index in [9.17, 15) is 86.5 Å². The maximum Gasteiger partial charge on any atom is 0.259 e. The van der Waals surface area contributed by atoms with Crippen molar-refractivity contribution in [3.63, 3.8) is 0 Å². The van der Waals surface area contributed by atoms with Crippen LogP contribution in [0.4, 0.5) is 0 Å². The Morgan fingerprint density at radius 3 is 1.65 bits per heavy atom. The molecule has 270 valence electrons. The molecule has 0 aliphatic carbocycles. The van der Waals surface area contributed by atoms with Crippen molar-refractivity contribution in [1.82, 2.24) is 0 Å². The molecular formula is C24H42O22. The Balaban J connectivity index is 1.59. The predicted molar refractivity (Wildman–Crippen MR) is 136 cm³/mol. The van der Waals surface area contributed by atoms with Crippen LogP contribution in [-0.4, -0.2) is 230 Å². The molecule has 3 rings (SSSR count). The third kappa shape index (κ3) is 7.83. The van der Waals surface area contributed by atoms with Crippen molar-refractivity contribution >= 4 is 5.78 Å². The van der Waals surface area contributed by atoms with Gasteiger partial charge in [-0.3, -0.25) is 4.79 Å². The zero-order chi connectivity index (χ0) is 34.8. The average molecular weight is 683 g/mol. The van der Waals surface area contributed by atoms with Gasteiger partial charge in [-0.15, -0.1) is 0 Å². The fourth-order valence-corrected chi connectivity index (χ4v) is 5.02. The summed E-state index contributed by atoms with van der Waals surface area (Å²) in [5, 5.41) is 161. The van der Waals surface area contributed by atoms with Gasteiger partial charge in [0.25, 0.3) is 5.79 Å². The van der Waals surface area contributed by atoms with E-state index in [2.05, 4.69) is 0 Å². The highest BCUT2D eigenvalue weighted by Gasteiger charge is 2.59. The van der Waals surface area contributed by atoms with Crippen LogP contribution in [0.15, 0.2) is 0 Å². The van der Waals surface area contributed by atoms with Gasteiger partial charge in [-0.05, 0) is 0 Å². The topological polar surface area (TPSA) is 387 Å². The molecule has 3 fully saturated rings. The minimum absolute atomic E-state index is 0.717. The minimum atomic E-state index is -3.50. The highest BCUT2D eigenvalue weighted by molar-refractivity contribution is 5.91. The van der Waals surface area contributed by atoms with Crippen LogP contribution in [0, 0.1) is 0 Å². The summed E-state index contributed by atoms with van der Waals surface area (Å²) in [6.07, 6.45) is -36.4. The van der Waals surface area contributed by atoms with Gasteiger partial charge in [-0.25, -0.2) is 0 Å². The second kappa shape index (κ2) is 16.0.